The van der Waals surface area contributed by atoms with Crippen molar-refractivity contribution < 1.29 is 27.1 Å². The maximum atomic E-state index is 14.3. The molecule has 8 nitrogen and oxygen atoms in total. The molecule has 230 valence electrons. The second-order valence-electron chi connectivity index (χ2n) is 9.86. The number of sulfonamides is 1. The molecule has 1 N–H and O–H groups in total. The van der Waals surface area contributed by atoms with Crippen molar-refractivity contribution in [2.45, 2.75) is 30.8 Å². The first-order chi connectivity index (χ1) is 21.1. The van der Waals surface area contributed by atoms with Crippen LogP contribution in [0.15, 0.2) is 108 Å². The molecular weight excluding hydrogens is 605 g/mol. The van der Waals surface area contributed by atoms with E-state index in [2.05, 4.69) is 5.32 Å². The van der Waals surface area contributed by atoms with Crippen LogP contribution >= 0.6 is 11.6 Å². The topological polar surface area (TPSA) is 96.0 Å². The number of carbonyl (C=O) groups excluding carboxylic acids is 2. The predicted octanol–water partition coefficient (Wildman–Crippen LogP) is 5.46. The Bertz CT molecular complexity index is 1670. The second kappa shape index (κ2) is 14.9. The lowest BCUT2D eigenvalue weighted by molar-refractivity contribution is -0.139. The highest BCUT2D eigenvalue weighted by atomic mass is 35.5. The number of nitrogens with one attached hydrogen (secondary N) is 1. The number of likely N-dealkylation sites (N-methyl/N-ethyl adjacent to an activating group) is 1. The molecule has 0 aliphatic heterocycles. The minimum absolute atomic E-state index is 0.0231. The summed E-state index contributed by atoms with van der Waals surface area (Å²) < 4.78 is 48.3. The maximum absolute atomic E-state index is 14.3. The fourth-order valence-electron chi connectivity index (χ4n) is 4.69. The summed E-state index contributed by atoms with van der Waals surface area (Å²) in [6, 6.07) is 25.7. The van der Waals surface area contributed by atoms with Gasteiger partial charge in [0.15, 0.2) is 0 Å². The van der Waals surface area contributed by atoms with Gasteiger partial charge in [-0.2, -0.15) is 0 Å². The molecule has 0 bridgehead atoms. The third-order valence-corrected chi connectivity index (χ3v) is 8.90. The van der Waals surface area contributed by atoms with Crippen LogP contribution in [0.3, 0.4) is 0 Å². The molecule has 2 amide bonds. The van der Waals surface area contributed by atoms with Crippen LogP contribution in [0.2, 0.25) is 5.02 Å². The molecule has 4 aromatic carbocycles. The van der Waals surface area contributed by atoms with Gasteiger partial charge >= 0.3 is 0 Å². The van der Waals surface area contributed by atoms with E-state index in [1.165, 1.54) is 48.3 Å². The summed E-state index contributed by atoms with van der Waals surface area (Å²) in [7, 11) is -2.86. The van der Waals surface area contributed by atoms with Gasteiger partial charge in [-0.15, -0.1) is 0 Å². The SMILES string of the molecule is CCOc1ccc(S(=O)(=O)N(CC(=O)N(Cc2cccc(Cl)c2)[C@@H](Cc2ccccc2)C(=O)NC)c2ccc(F)cc2)cc1. The molecule has 0 unspecified atom stereocenters. The monoisotopic (exact) mass is 637 g/mol. The lowest BCUT2D eigenvalue weighted by Gasteiger charge is -2.33. The van der Waals surface area contributed by atoms with Gasteiger partial charge < -0.3 is 15.0 Å². The summed E-state index contributed by atoms with van der Waals surface area (Å²) in [6.07, 6.45) is 0.176. The molecule has 0 saturated carbocycles. The number of anilines is 1. The van der Waals surface area contributed by atoms with Gasteiger partial charge in [-0.05, 0) is 78.7 Å². The van der Waals surface area contributed by atoms with E-state index in [4.69, 9.17) is 16.3 Å². The molecule has 0 heterocycles. The van der Waals surface area contributed by atoms with Gasteiger partial charge in [-0.1, -0.05) is 54.1 Å². The number of nitrogens with zero attached hydrogens (tertiary/aromatic N) is 2. The van der Waals surface area contributed by atoms with E-state index in [-0.39, 0.29) is 23.5 Å². The Morgan fingerprint density at radius 2 is 1.57 bits per heavy atom. The van der Waals surface area contributed by atoms with E-state index in [0.717, 1.165) is 22.0 Å². The molecule has 11 heteroatoms. The number of carbonyl (C=O) groups is 2. The number of hydrogen-bond donors (Lipinski definition) is 1. The van der Waals surface area contributed by atoms with Crippen molar-refractivity contribution in [3.8, 4) is 5.75 Å². The Hall–Kier alpha value is -4.41. The molecule has 0 aliphatic rings. The van der Waals surface area contributed by atoms with E-state index in [1.54, 1.807) is 24.3 Å². The fourth-order valence-corrected chi connectivity index (χ4v) is 6.32. The lowest BCUT2D eigenvalue weighted by atomic mass is 10.0. The number of halogens is 2. The van der Waals surface area contributed by atoms with Crippen molar-refractivity contribution >= 4 is 39.1 Å². The molecule has 0 radical (unpaired) electrons. The van der Waals surface area contributed by atoms with Crippen LogP contribution in [0, 0.1) is 5.82 Å². The van der Waals surface area contributed by atoms with E-state index in [9.17, 15) is 22.4 Å². The van der Waals surface area contributed by atoms with Crippen molar-refractivity contribution in [2.75, 3.05) is 24.5 Å². The van der Waals surface area contributed by atoms with E-state index >= 15 is 0 Å². The van der Waals surface area contributed by atoms with Crippen LogP contribution in [-0.4, -0.2) is 51.4 Å². The van der Waals surface area contributed by atoms with Crippen molar-refractivity contribution in [1.29, 1.82) is 0 Å². The zero-order valence-corrected chi connectivity index (χ0v) is 25.9. The van der Waals surface area contributed by atoms with Crippen LogP contribution in [0.25, 0.3) is 0 Å². The zero-order chi connectivity index (χ0) is 31.7. The van der Waals surface area contributed by atoms with E-state index < -0.39 is 40.2 Å². The highest BCUT2D eigenvalue weighted by Crippen LogP contribution is 2.27. The van der Waals surface area contributed by atoms with Gasteiger partial charge in [-0.3, -0.25) is 13.9 Å². The maximum Gasteiger partial charge on any atom is 0.264 e. The highest BCUT2D eigenvalue weighted by Gasteiger charge is 2.34. The van der Waals surface area contributed by atoms with Gasteiger partial charge in [0.1, 0.15) is 24.2 Å². The predicted molar refractivity (Wildman–Crippen MR) is 169 cm³/mol. The molecule has 0 fully saturated rings. The molecule has 44 heavy (non-hydrogen) atoms. The molecule has 0 spiro atoms. The van der Waals surface area contributed by atoms with Crippen LogP contribution in [0.5, 0.6) is 5.75 Å². The van der Waals surface area contributed by atoms with Gasteiger partial charge in [0.2, 0.25) is 11.8 Å². The Kier molecular flexibility index (Phi) is 11.0. The third kappa shape index (κ3) is 8.15. The number of benzene rings is 4. The van der Waals surface area contributed by atoms with E-state index in [0.29, 0.717) is 22.9 Å². The summed E-state index contributed by atoms with van der Waals surface area (Å²) in [4.78, 5) is 28.8. The second-order valence-corrected chi connectivity index (χ2v) is 12.2. The number of amides is 2. The number of ether oxygens (including phenoxy) is 1. The van der Waals surface area contributed by atoms with Crippen molar-refractivity contribution in [1.82, 2.24) is 10.2 Å². The molecule has 0 aromatic heterocycles. The van der Waals surface area contributed by atoms with Crippen LogP contribution in [0.4, 0.5) is 10.1 Å². The van der Waals surface area contributed by atoms with Gasteiger partial charge in [0, 0.05) is 25.0 Å². The van der Waals surface area contributed by atoms with Gasteiger partial charge in [-0.25, -0.2) is 12.8 Å². The summed E-state index contributed by atoms with van der Waals surface area (Å²) >= 11 is 6.23. The van der Waals surface area contributed by atoms with Gasteiger partial charge in [0.05, 0.1) is 17.2 Å². The lowest BCUT2D eigenvalue weighted by Crippen LogP contribution is -2.53. The summed E-state index contributed by atoms with van der Waals surface area (Å²) in [6.45, 7) is 1.53. The number of rotatable bonds is 13. The Morgan fingerprint density at radius 1 is 0.909 bits per heavy atom. The number of hydrogen-bond acceptors (Lipinski definition) is 5. The quantitative estimate of drug-likeness (QED) is 0.210. The normalized spacial score (nSPS) is 11.8. The zero-order valence-electron chi connectivity index (χ0n) is 24.3. The first-order valence-electron chi connectivity index (χ1n) is 13.9. The van der Waals surface area contributed by atoms with Crippen molar-refractivity contribution in [2.24, 2.45) is 0 Å². The Morgan fingerprint density at radius 3 is 2.18 bits per heavy atom. The molecule has 1 atom stereocenters. The first kappa shape index (κ1) is 32.5. The summed E-state index contributed by atoms with van der Waals surface area (Å²) in [5.41, 5.74) is 1.54. The van der Waals surface area contributed by atoms with Gasteiger partial charge in [0.25, 0.3) is 10.0 Å². The van der Waals surface area contributed by atoms with E-state index in [1.807, 2.05) is 37.3 Å². The minimum atomic E-state index is -4.33. The highest BCUT2D eigenvalue weighted by molar-refractivity contribution is 7.92. The molecule has 4 aromatic rings. The molecule has 4 rings (SSSR count). The third-order valence-electron chi connectivity index (χ3n) is 6.88. The van der Waals surface area contributed by atoms with Crippen molar-refractivity contribution in [3.63, 3.8) is 0 Å². The van der Waals surface area contributed by atoms with Crippen LogP contribution in [0.1, 0.15) is 18.1 Å². The smallest absolute Gasteiger partial charge is 0.264 e. The van der Waals surface area contributed by atoms with Crippen LogP contribution in [-0.2, 0) is 32.6 Å². The summed E-state index contributed by atoms with van der Waals surface area (Å²) in [5.74, 6) is -1.15. The molecular formula is C33H33ClFN3O5S. The fraction of sp³-hybridized carbons (Fsp3) is 0.212. The molecule has 0 saturated heterocycles. The Labute approximate surface area is 262 Å². The van der Waals surface area contributed by atoms with Crippen LogP contribution < -0.4 is 14.4 Å². The molecule has 0 aliphatic carbocycles. The van der Waals surface area contributed by atoms with Crippen molar-refractivity contribution in [3.05, 3.63) is 125 Å². The largest absolute Gasteiger partial charge is 0.494 e. The average Bonchev–Trinajstić information content (AvgIpc) is 3.02. The standard InChI is InChI=1S/C33H33ClFN3O5S/c1-3-43-29-16-18-30(19-17-29)44(41,42)38(28-14-12-27(35)13-15-28)23-32(39)37(22-25-10-7-11-26(34)20-25)31(33(40)36-2)21-24-8-5-4-6-9-24/h4-20,31H,3,21-23H2,1-2H3,(H,36,40)/t31-/m0/s1. The summed E-state index contributed by atoms with van der Waals surface area (Å²) in [5, 5.41) is 3.08. The average molecular weight is 638 g/mol. The minimum Gasteiger partial charge on any atom is -0.494 e. The first-order valence-corrected chi connectivity index (χ1v) is 15.7. The Balaban J connectivity index is 1.77.